The first kappa shape index (κ1) is 21.0. The molecular formula is C21H17ClFN5O2S. The van der Waals surface area contributed by atoms with Gasteiger partial charge < -0.3 is 10.6 Å². The van der Waals surface area contributed by atoms with Crippen molar-refractivity contribution in [2.75, 3.05) is 11.9 Å². The number of halogens is 2. The lowest BCUT2D eigenvalue weighted by Crippen LogP contribution is -2.36. The summed E-state index contributed by atoms with van der Waals surface area (Å²) in [6.45, 7) is 1.85. The Morgan fingerprint density at radius 2 is 1.94 bits per heavy atom. The summed E-state index contributed by atoms with van der Waals surface area (Å²) in [5.74, 6) is -1.53. The molecule has 0 atom stereocenters. The Bertz CT molecular complexity index is 1270. The van der Waals surface area contributed by atoms with Crippen LogP contribution in [0.5, 0.6) is 0 Å². The van der Waals surface area contributed by atoms with Crippen LogP contribution in [0.2, 0.25) is 5.02 Å². The van der Waals surface area contributed by atoms with Gasteiger partial charge in [-0.25, -0.2) is 8.91 Å². The number of hydrogen-bond donors (Lipinski definition) is 2. The molecule has 0 unspecified atom stereocenters. The highest BCUT2D eigenvalue weighted by Gasteiger charge is 2.15. The van der Waals surface area contributed by atoms with E-state index in [4.69, 9.17) is 11.6 Å². The Hall–Kier alpha value is -3.30. The van der Waals surface area contributed by atoms with Crippen molar-refractivity contribution in [1.29, 1.82) is 0 Å². The van der Waals surface area contributed by atoms with Gasteiger partial charge in [0.15, 0.2) is 5.82 Å². The van der Waals surface area contributed by atoms with Gasteiger partial charge in [0, 0.05) is 34.6 Å². The summed E-state index contributed by atoms with van der Waals surface area (Å²) in [7, 11) is 0. The minimum atomic E-state index is -0.857. The van der Waals surface area contributed by atoms with E-state index in [2.05, 4.69) is 20.7 Å². The molecule has 0 saturated carbocycles. The van der Waals surface area contributed by atoms with Crippen molar-refractivity contribution < 1.29 is 14.0 Å². The summed E-state index contributed by atoms with van der Waals surface area (Å²) < 4.78 is 15.3. The van der Waals surface area contributed by atoms with E-state index in [0.29, 0.717) is 22.8 Å². The molecule has 2 heterocycles. The van der Waals surface area contributed by atoms with Crippen molar-refractivity contribution in [3.05, 3.63) is 69.9 Å². The first-order chi connectivity index (χ1) is 14.9. The minimum Gasteiger partial charge on any atom is -0.347 e. The minimum absolute atomic E-state index is 0.222. The Morgan fingerprint density at radius 1 is 1.16 bits per heavy atom. The Balaban J connectivity index is 1.35. The molecule has 0 aliphatic carbocycles. The van der Waals surface area contributed by atoms with Crippen LogP contribution in [-0.2, 0) is 16.0 Å². The van der Waals surface area contributed by atoms with Crippen LogP contribution in [0.3, 0.4) is 0 Å². The second-order valence-corrected chi connectivity index (χ2v) is 8.06. The molecule has 4 rings (SSSR count). The van der Waals surface area contributed by atoms with E-state index in [0.717, 1.165) is 16.2 Å². The number of benzene rings is 2. The zero-order valence-corrected chi connectivity index (χ0v) is 17.9. The number of nitrogens with zero attached hydrogens (tertiary/aromatic N) is 3. The molecule has 10 heteroatoms. The van der Waals surface area contributed by atoms with E-state index in [1.54, 1.807) is 23.6 Å². The fourth-order valence-corrected chi connectivity index (χ4v) is 3.84. The number of anilines is 1. The molecule has 2 aromatic carbocycles. The maximum absolute atomic E-state index is 13.6. The van der Waals surface area contributed by atoms with Crippen LogP contribution in [0.25, 0.3) is 16.3 Å². The van der Waals surface area contributed by atoms with Gasteiger partial charge in [0.25, 0.3) is 0 Å². The molecule has 2 aromatic heterocycles. The normalized spacial score (nSPS) is 10.9. The molecule has 0 aliphatic heterocycles. The third-order valence-corrected chi connectivity index (χ3v) is 5.67. The topological polar surface area (TPSA) is 88.4 Å². The number of amides is 2. The highest BCUT2D eigenvalue weighted by molar-refractivity contribution is 7.15. The number of thiazole rings is 1. The predicted octanol–water partition coefficient (Wildman–Crippen LogP) is 3.86. The Kier molecular flexibility index (Phi) is 5.97. The average molecular weight is 458 g/mol. The summed E-state index contributed by atoms with van der Waals surface area (Å²) >= 11 is 7.36. The highest BCUT2D eigenvalue weighted by atomic mass is 35.5. The van der Waals surface area contributed by atoms with Crippen molar-refractivity contribution >= 4 is 45.4 Å². The van der Waals surface area contributed by atoms with E-state index >= 15 is 0 Å². The molecule has 0 spiro atoms. The number of carbonyl (C=O) groups is 2. The monoisotopic (exact) mass is 457 g/mol. The molecule has 0 radical (unpaired) electrons. The number of aromatic nitrogens is 3. The van der Waals surface area contributed by atoms with E-state index in [1.165, 1.54) is 29.5 Å². The lowest BCUT2D eigenvalue weighted by Gasteiger charge is -2.07. The molecular weight excluding hydrogens is 441 g/mol. The predicted molar refractivity (Wildman–Crippen MR) is 118 cm³/mol. The molecule has 158 valence electrons. The zero-order chi connectivity index (χ0) is 22.0. The SMILES string of the molecule is Cc1ccc(NC(=O)C(=O)NCCc2csc3nc(-c4ccc(Cl)cc4)nn23)cc1F. The van der Waals surface area contributed by atoms with E-state index in [-0.39, 0.29) is 12.2 Å². The van der Waals surface area contributed by atoms with Crippen molar-refractivity contribution in [2.24, 2.45) is 0 Å². The maximum Gasteiger partial charge on any atom is 0.313 e. The number of rotatable bonds is 5. The summed E-state index contributed by atoms with van der Waals surface area (Å²) in [5.41, 5.74) is 2.38. The van der Waals surface area contributed by atoms with Gasteiger partial charge in [-0.15, -0.1) is 16.4 Å². The van der Waals surface area contributed by atoms with Crippen molar-refractivity contribution in [3.8, 4) is 11.4 Å². The quantitative estimate of drug-likeness (QED) is 0.445. The van der Waals surface area contributed by atoms with Crippen LogP contribution in [0.15, 0.2) is 47.8 Å². The van der Waals surface area contributed by atoms with Gasteiger partial charge in [-0.1, -0.05) is 17.7 Å². The van der Waals surface area contributed by atoms with Gasteiger partial charge in [0.05, 0.1) is 5.69 Å². The fourth-order valence-electron chi connectivity index (χ4n) is 2.86. The van der Waals surface area contributed by atoms with Gasteiger partial charge in [-0.2, -0.15) is 4.98 Å². The number of aryl methyl sites for hydroxylation is 1. The summed E-state index contributed by atoms with van der Waals surface area (Å²) in [6.07, 6.45) is 0.460. The van der Waals surface area contributed by atoms with Crippen LogP contribution in [0.4, 0.5) is 10.1 Å². The van der Waals surface area contributed by atoms with E-state index < -0.39 is 17.6 Å². The third-order valence-electron chi connectivity index (χ3n) is 4.55. The fraction of sp³-hybridized carbons (Fsp3) is 0.143. The van der Waals surface area contributed by atoms with Gasteiger partial charge in [0.1, 0.15) is 5.82 Å². The molecule has 2 amide bonds. The highest BCUT2D eigenvalue weighted by Crippen LogP contribution is 2.22. The van der Waals surface area contributed by atoms with Crippen LogP contribution < -0.4 is 10.6 Å². The van der Waals surface area contributed by atoms with Crippen molar-refractivity contribution in [3.63, 3.8) is 0 Å². The summed E-state index contributed by atoms with van der Waals surface area (Å²) in [6, 6.07) is 11.5. The molecule has 0 aliphatic rings. The van der Waals surface area contributed by atoms with Gasteiger partial charge in [-0.3, -0.25) is 9.59 Å². The van der Waals surface area contributed by atoms with Crippen LogP contribution >= 0.6 is 22.9 Å². The number of hydrogen-bond acceptors (Lipinski definition) is 5. The lowest BCUT2D eigenvalue weighted by atomic mass is 10.2. The van der Waals surface area contributed by atoms with E-state index in [9.17, 15) is 14.0 Å². The Morgan fingerprint density at radius 3 is 2.68 bits per heavy atom. The van der Waals surface area contributed by atoms with Crippen molar-refractivity contribution in [1.82, 2.24) is 19.9 Å². The number of fused-ring (bicyclic) bond motifs is 1. The summed E-state index contributed by atoms with van der Waals surface area (Å²) in [5, 5.41) is 12.0. The smallest absolute Gasteiger partial charge is 0.313 e. The number of carbonyl (C=O) groups excluding carboxylic acids is 2. The summed E-state index contributed by atoms with van der Waals surface area (Å²) in [4.78, 5) is 29.3. The van der Waals surface area contributed by atoms with Crippen molar-refractivity contribution in [2.45, 2.75) is 13.3 Å². The molecule has 0 saturated heterocycles. The first-order valence-electron chi connectivity index (χ1n) is 9.35. The number of nitrogens with one attached hydrogen (secondary N) is 2. The van der Waals surface area contributed by atoms with Crippen LogP contribution in [0.1, 0.15) is 11.3 Å². The molecule has 0 bridgehead atoms. The molecule has 7 nitrogen and oxygen atoms in total. The molecule has 31 heavy (non-hydrogen) atoms. The van der Waals surface area contributed by atoms with Crippen LogP contribution in [-0.4, -0.2) is 33.0 Å². The molecule has 4 aromatic rings. The standard InChI is InChI=1S/C21H17ClFN5O2S/c1-12-2-7-15(10-17(12)23)25-20(30)19(29)24-9-8-16-11-31-21-26-18(27-28(16)21)13-3-5-14(22)6-4-13/h2-7,10-11H,8-9H2,1H3,(H,24,29)(H,25,30). The lowest BCUT2D eigenvalue weighted by molar-refractivity contribution is -0.136. The zero-order valence-electron chi connectivity index (χ0n) is 16.4. The third kappa shape index (κ3) is 4.73. The van der Waals surface area contributed by atoms with E-state index in [1.807, 2.05) is 17.5 Å². The molecule has 0 fully saturated rings. The maximum atomic E-state index is 13.6. The molecule has 2 N–H and O–H groups in total. The second kappa shape index (κ2) is 8.83. The Labute approximate surface area is 185 Å². The van der Waals surface area contributed by atoms with Gasteiger partial charge in [-0.05, 0) is 48.9 Å². The van der Waals surface area contributed by atoms with Gasteiger partial charge >= 0.3 is 11.8 Å². The van der Waals surface area contributed by atoms with Crippen LogP contribution in [0, 0.1) is 12.7 Å². The first-order valence-corrected chi connectivity index (χ1v) is 10.6. The second-order valence-electron chi connectivity index (χ2n) is 6.79. The largest absolute Gasteiger partial charge is 0.347 e. The average Bonchev–Trinajstić information content (AvgIpc) is 3.33. The van der Waals surface area contributed by atoms with Gasteiger partial charge in [0.2, 0.25) is 4.96 Å².